The number of aromatic nitrogens is 3. The Bertz CT molecular complexity index is 619. The lowest BCUT2D eigenvalue weighted by Crippen LogP contribution is -2.35. The van der Waals surface area contributed by atoms with Gasteiger partial charge in [0.15, 0.2) is 11.6 Å². The molecule has 12 heteroatoms. The van der Waals surface area contributed by atoms with Gasteiger partial charge in [0.1, 0.15) is 0 Å². The molecule has 2 amide bonds. The number of aromatic hydroxyl groups is 1. The van der Waals surface area contributed by atoms with Crippen LogP contribution in [0.2, 0.25) is 0 Å². The highest BCUT2D eigenvalue weighted by molar-refractivity contribution is 5.78. The van der Waals surface area contributed by atoms with Gasteiger partial charge in [-0.3, -0.25) is 9.59 Å². The van der Waals surface area contributed by atoms with Crippen molar-refractivity contribution < 1.29 is 14.7 Å². The van der Waals surface area contributed by atoms with E-state index in [1.165, 1.54) is 0 Å². The summed E-state index contributed by atoms with van der Waals surface area (Å²) >= 11 is 0. The quantitative estimate of drug-likeness (QED) is 0.181. The van der Waals surface area contributed by atoms with Gasteiger partial charge in [0, 0.05) is 0 Å². The molecule has 0 aromatic carbocycles. The number of amides is 2. The van der Waals surface area contributed by atoms with Crippen molar-refractivity contribution in [1.29, 1.82) is 0 Å². The van der Waals surface area contributed by atoms with E-state index in [9.17, 15) is 14.7 Å². The predicted molar refractivity (Wildman–Crippen MR) is 117 cm³/mol. The van der Waals surface area contributed by atoms with Gasteiger partial charge in [-0.05, 0) is 67.2 Å². The highest BCUT2D eigenvalue weighted by Crippen LogP contribution is 2.01. The summed E-state index contributed by atoms with van der Waals surface area (Å²) in [5, 5.41) is 21.2. The van der Waals surface area contributed by atoms with Gasteiger partial charge < -0.3 is 36.2 Å². The van der Waals surface area contributed by atoms with Gasteiger partial charge >= 0.3 is 6.01 Å². The van der Waals surface area contributed by atoms with Gasteiger partial charge in [0.25, 0.3) is 0 Å². The van der Waals surface area contributed by atoms with Crippen molar-refractivity contribution in [3.05, 3.63) is 11.6 Å². The van der Waals surface area contributed by atoms with Gasteiger partial charge in [-0.1, -0.05) is 0 Å². The van der Waals surface area contributed by atoms with E-state index in [0.717, 1.165) is 39.0 Å². The minimum absolute atomic E-state index is 0.0582. The molecule has 0 unspecified atom stereocenters. The molecule has 0 fully saturated rings. The zero-order valence-corrected chi connectivity index (χ0v) is 19.1. The van der Waals surface area contributed by atoms with E-state index in [1.54, 1.807) is 0 Å². The van der Waals surface area contributed by atoms with Crippen LogP contribution in [0.4, 0.5) is 0 Å². The molecule has 176 valence electrons. The van der Waals surface area contributed by atoms with Crippen LogP contribution in [-0.4, -0.2) is 109 Å². The first kappa shape index (κ1) is 26.6. The SMILES string of the molecule is CN(C)CCCNCC(=O)NCc1nc(O)nc(CNC(=O)CNCCCN(C)C)n1. The molecule has 5 N–H and O–H groups in total. The molecule has 1 aromatic heterocycles. The lowest BCUT2D eigenvalue weighted by Gasteiger charge is -2.10. The molecular formula is C19H37N9O3. The van der Waals surface area contributed by atoms with Crippen molar-refractivity contribution in [2.75, 3.05) is 67.5 Å². The Morgan fingerprint density at radius 2 is 1.19 bits per heavy atom. The second-order valence-electron chi connectivity index (χ2n) is 7.69. The van der Waals surface area contributed by atoms with Crippen LogP contribution < -0.4 is 21.3 Å². The Hall–Kier alpha value is -2.41. The van der Waals surface area contributed by atoms with Crippen LogP contribution in [-0.2, 0) is 22.7 Å². The van der Waals surface area contributed by atoms with Crippen molar-refractivity contribution in [3.63, 3.8) is 0 Å². The second kappa shape index (κ2) is 15.4. The maximum Gasteiger partial charge on any atom is 0.317 e. The van der Waals surface area contributed by atoms with Crippen molar-refractivity contribution in [2.24, 2.45) is 0 Å². The molecule has 0 spiro atoms. The van der Waals surface area contributed by atoms with E-state index < -0.39 is 6.01 Å². The first-order chi connectivity index (χ1) is 14.8. The van der Waals surface area contributed by atoms with Crippen LogP contribution in [0.15, 0.2) is 0 Å². The maximum atomic E-state index is 11.9. The third kappa shape index (κ3) is 14.3. The summed E-state index contributed by atoms with van der Waals surface area (Å²) < 4.78 is 0. The normalized spacial score (nSPS) is 11.2. The molecule has 1 heterocycles. The first-order valence-corrected chi connectivity index (χ1v) is 10.4. The summed E-state index contributed by atoms with van der Waals surface area (Å²) in [4.78, 5) is 39.8. The number of nitrogens with one attached hydrogen (secondary N) is 4. The van der Waals surface area contributed by atoms with Crippen molar-refractivity contribution in [2.45, 2.75) is 25.9 Å². The molecule has 0 aliphatic heterocycles. The Morgan fingerprint density at radius 1 is 0.774 bits per heavy atom. The molecule has 12 nitrogen and oxygen atoms in total. The molecule has 0 saturated carbocycles. The molecular weight excluding hydrogens is 402 g/mol. The van der Waals surface area contributed by atoms with Crippen LogP contribution in [0.3, 0.4) is 0 Å². The van der Waals surface area contributed by atoms with Crippen LogP contribution in [0.5, 0.6) is 6.01 Å². The standard InChI is InChI=1S/C19H37N9O3/c1-27(2)9-5-7-20-13-17(29)22-11-15-24-16(26-19(31)25-15)12-23-18(30)14-21-8-6-10-28(3)4/h20-21H,5-14H2,1-4H3,(H,22,29)(H,23,30)(H,24,25,26,31). The number of hydrogen-bond donors (Lipinski definition) is 5. The van der Waals surface area contributed by atoms with Crippen LogP contribution in [0, 0.1) is 0 Å². The summed E-state index contributed by atoms with van der Waals surface area (Å²) in [5.41, 5.74) is 0. The number of carbonyl (C=O) groups excluding carboxylic acids is 2. The molecule has 0 bridgehead atoms. The number of hydrogen-bond acceptors (Lipinski definition) is 10. The third-order valence-electron chi connectivity index (χ3n) is 4.09. The van der Waals surface area contributed by atoms with Gasteiger partial charge in [0.05, 0.1) is 26.2 Å². The largest absolute Gasteiger partial charge is 0.479 e. The fourth-order valence-electron chi connectivity index (χ4n) is 2.54. The van der Waals surface area contributed by atoms with Gasteiger partial charge in [0.2, 0.25) is 11.8 Å². The molecule has 0 aliphatic carbocycles. The van der Waals surface area contributed by atoms with Gasteiger partial charge in [-0.25, -0.2) is 4.98 Å². The summed E-state index contributed by atoms with van der Waals surface area (Å²) in [5.74, 6) is 0.0546. The van der Waals surface area contributed by atoms with Crippen molar-refractivity contribution in [1.82, 2.24) is 46.0 Å². The maximum absolute atomic E-state index is 11.9. The summed E-state index contributed by atoms with van der Waals surface area (Å²) in [7, 11) is 8.00. The van der Waals surface area contributed by atoms with E-state index in [-0.39, 0.29) is 49.6 Å². The summed E-state index contributed by atoms with van der Waals surface area (Å²) in [6.07, 6.45) is 1.89. The van der Waals surface area contributed by atoms with E-state index in [1.807, 2.05) is 28.2 Å². The molecule has 0 radical (unpaired) electrons. The summed E-state index contributed by atoms with van der Waals surface area (Å²) in [6, 6.07) is -0.452. The Balaban J connectivity index is 2.30. The Morgan fingerprint density at radius 3 is 1.58 bits per heavy atom. The van der Waals surface area contributed by atoms with Crippen LogP contribution in [0.25, 0.3) is 0 Å². The van der Waals surface area contributed by atoms with E-state index in [0.29, 0.717) is 0 Å². The minimum atomic E-state index is -0.452. The smallest absolute Gasteiger partial charge is 0.317 e. The van der Waals surface area contributed by atoms with Crippen LogP contribution in [0.1, 0.15) is 24.5 Å². The zero-order valence-electron chi connectivity index (χ0n) is 19.1. The first-order valence-electron chi connectivity index (χ1n) is 10.4. The molecule has 0 atom stereocenters. The monoisotopic (exact) mass is 439 g/mol. The average Bonchev–Trinajstić information content (AvgIpc) is 2.69. The Kier molecular flexibility index (Phi) is 13.2. The molecule has 0 saturated heterocycles. The molecule has 1 aromatic rings. The van der Waals surface area contributed by atoms with Crippen molar-refractivity contribution in [3.8, 4) is 6.01 Å². The molecule has 1 rings (SSSR count). The fourth-order valence-corrected chi connectivity index (χ4v) is 2.54. The third-order valence-corrected chi connectivity index (χ3v) is 4.09. The predicted octanol–water partition coefficient (Wildman–Crippen LogP) is -2.11. The minimum Gasteiger partial charge on any atom is -0.479 e. The number of carbonyl (C=O) groups is 2. The molecule has 31 heavy (non-hydrogen) atoms. The molecule has 0 aliphatic rings. The number of nitrogens with zero attached hydrogens (tertiary/aromatic N) is 5. The number of rotatable bonds is 16. The van der Waals surface area contributed by atoms with E-state index >= 15 is 0 Å². The average molecular weight is 440 g/mol. The lowest BCUT2D eigenvalue weighted by atomic mass is 10.4. The lowest BCUT2D eigenvalue weighted by molar-refractivity contribution is -0.121. The van der Waals surface area contributed by atoms with Crippen molar-refractivity contribution >= 4 is 11.8 Å². The highest BCUT2D eigenvalue weighted by atomic mass is 16.3. The fraction of sp³-hybridized carbons (Fsp3) is 0.737. The second-order valence-corrected chi connectivity index (χ2v) is 7.69. The van der Waals surface area contributed by atoms with Gasteiger partial charge in [-0.15, -0.1) is 0 Å². The summed E-state index contributed by atoms with van der Waals surface area (Å²) in [6.45, 7) is 3.88. The van der Waals surface area contributed by atoms with E-state index in [4.69, 9.17) is 0 Å². The van der Waals surface area contributed by atoms with Gasteiger partial charge in [-0.2, -0.15) is 9.97 Å². The van der Waals surface area contributed by atoms with Crippen LogP contribution >= 0.6 is 0 Å². The topological polar surface area (TPSA) is 148 Å². The Labute approximate surface area is 184 Å². The zero-order chi connectivity index (χ0) is 23.1. The van der Waals surface area contributed by atoms with E-state index in [2.05, 4.69) is 46.0 Å². The highest BCUT2D eigenvalue weighted by Gasteiger charge is 2.09.